The molecule has 0 aromatic carbocycles. The summed E-state index contributed by atoms with van der Waals surface area (Å²) in [4.78, 5) is 25.1. The highest BCUT2D eigenvalue weighted by atomic mass is 16.5. The van der Waals surface area contributed by atoms with Gasteiger partial charge in [0, 0.05) is 38.7 Å². The molecule has 1 rings (SSSR count). The Hall–Kier alpha value is -1.14. The Morgan fingerprint density at radius 2 is 2.05 bits per heavy atom. The van der Waals surface area contributed by atoms with Gasteiger partial charge >= 0.3 is 0 Å². The number of hydrogen-bond acceptors (Lipinski definition) is 4. The molecule has 0 aromatic rings. The maximum Gasteiger partial charge on any atom is 0.248 e. The Bertz CT molecular complexity index is 302. The molecular weight excluding hydrogens is 246 g/mol. The van der Waals surface area contributed by atoms with Gasteiger partial charge in [-0.2, -0.15) is 0 Å². The molecule has 3 N–H and O–H groups in total. The molecule has 1 unspecified atom stereocenters. The van der Waals surface area contributed by atoms with Crippen molar-refractivity contribution in [3.05, 3.63) is 0 Å². The molecule has 1 aliphatic rings. The van der Waals surface area contributed by atoms with Gasteiger partial charge in [-0.3, -0.25) is 9.59 Å². The summed E-state index contributed by atoms with van der Waals surface area (Å²) in [6, 6.07) is 0.0894. The van der Waals surface area contributed by atoms with E-state index in [9.17, 15) is 9.59 Å². The van der Waals surface area contributed by atoms with Gasteiger partial charge in [-0.25, -0.2) is 0 Å². The van der Waals surface area contributed by atoms with Crippen molar-refractivity contribution in [1.29, 1.82) is 0 Å². The summed E-state index contributed by atoms with van der Waals surface area (Å²) in [6.07, 6.45) is 2.77. The summed E-state index contributed by atoms with van der Waals surface area (Å²) in [6.45, 7) is 3.44. The van der Waals surface area contributed by atoms with Crippen LogP contribution in [0.4, 0.5) is 0 Å². The topological polar surface area (TPSA) is 84.7 Å². The third kappa shape index (κ3) is 5.57. The van der Waals surface area contributed by atoms with Gasteiger partial charge in [0.25, 0.3) is 0 Å². The van der Waals surface area contributed by atoms with E-state index in [1.165, 1.54) is 7.11 Å². The van der Waals surface area contributed by atoms with Crippen LogP contribution in [0.1, 0.15) is 32.6 Å². The average molecular weight is 271 g/mol. The van der Waals surface area contributed by atoms with E-state index in [1.807, 2.05) is 6.92 Å². The first kappa shape index (κ1) is 15.9. The number of rotatable bonds is 6. The lowest BCUT2D eigenvalue weighted by molar-refractivity contribution is -0.136. The predicted molar refractivity (Wildman–Crippen MR) is 72.5 cm³/mol. The van der Waals surface area contributed by atoms with Crippen molar-refractivity contribution in [3.8, 4) is 0 Å². The molecule has 1 saturated heterocycles. The van der Waals surface area contributed by atoms with E-state index >= 15 is 0 Å². The summed E-state index contributed by atoms with van der Waals surface area (Å²) < 4.78 is 4.83. The number of carbonyl (C=O) groups excluding carboxylic acids is 2. The van der Waals surface area contributed by atoms with E-state index in [2.05, 4.69) is 5.32 Å². The van der Waals surface area contributed by atoms with E-state index < -0.39 is 0 Å². The second-order valence-corrected chi connectivity index (χ2v) is 5.03. The van der Waals surface area contributed by atoms with E-state index in [-0.39, 0.29) is 30.5 Å². The maximum absolute atomic E-state index is 11.7. The fourth-order valence-electron chi connectivity index (χ4n) is 2.16. The van der Waals surface area contributed by atoms with E-state index in [1.54, 1.807) is 4.90 Å². The van der Waals surface area contributed by atoms with Gasteiger partial charge in [-0.1, -0.05) is 6.92 Å². The standard InChI is InChI=1S/C13H25N3O3/c1-3-10(14)8-12(17)15-11-4-6-16(7-5-11)13(18)9-19-2/h10-11H,3-9,14H2,1-2H3,(H,15,17). The quantitative estimate of drug-likeness (QED) is 0.704. The first-order valence-electron chi connectivity index (χ1n) is 6.88. The minimum Gasteiger partial charge on any atom is -0.375 e. The largest absolute Gasteiger partial charge is 0.375 e. The number of carbonyl (C=O) groups is 2. The summed E-state index contributed by atoms with van der Waals surface area (Å²) in [5.41, 5.74) is 5.75. The summed E-state index contributed by atoms with van der Waals surface area (Å²) in [5, 5.41) is 2.99. The van der Waals surface area contributed by atoms with Crippen LogP contribution in [0.25, 0.3) is 0 Å². The van der Waals surface area contributed by atoms with Crippen LogP contribution in [0, 0.1) is 0 Å². The van der Waals surface area contributed by atoms with Gasteiger partial charge < -0.3 is 20.7 Å². The number of hydrogen-bond donors (Lipinski definition) is 2. The van der Waals surface area contributed by atoms with Gasteiger partial charge in [0.15, 0.2) is 0 Å². The molecule has 0 saturated carbocycles. The SMILES string of the molecule is CCC(N)CC(=O)NC1CCN(C(=O)COC)CC1. The Morgan fingerprint density at radius 1 is 1.42 bits per heavy atom. The Labute approximate surface area is 114 Å². The van der Waals surface area contributed by atoms with Crippen molar-refractivity contribution >= 4 is 11.8 Å². The zero-order valence-corrected chi connectivity index (χ0v) is 11.9. The molecule has 2 amide bonds. The number of ether oxygens (including phenoxy) is 1. The zero-order chi connectivity index (χ0) is 14.3. The maximum atomic E-state index is 11.7. The first-order valence-corrected chi connectivity index (χ1v) is 6.88. The van der Waals surface area contributed by atoms with Crippen LogP contribution in [0.15, 0.2) is 0 Å². The third-order valence-electron chi connectivity index (χ3n) is 3.45. The average Bonchev–Trinajstić information content (AvgIpc) is 2.39. The minimum absolute atomic E-state index is 0.0102. The second-order valence-electron chi connectivity index (χ2n) is 5.03. The monoisotopic (exact) mass is 271 g/mol. The molecule has 0 aromatic heterocycles. The summed E-state index contributed by atoms with van der Waals surface area (Å²) in [5.74, 6) is 0.0244. The van der Waals surface area contributed by atoms with Gasteiger partial charge in [-0.15, -0.1) is 0 Å². The molecule has 0 aliphatic carbocycles. The van der Waals surface area contributed by atoms with Crippen LogP contribution in [0.2, 0.25) is 0 Å². The van der Waals surface area contributed by atoms with Crippen molar-refractivity contribution in [3.63, 3.8) is 0 Å². The van der Waals surface area contributed by atoms with Crippen LogP contribution >= 0.6 is 0 Å². The van der Waals surface area contributed by atoms with Crippen molar-refractivity contribution in [2.75, 3.05) is 26.8 Å². The van der Waals surface area contributed by atoms with Crippen molar-refractivity contribution in [2.45, 2.75) is 44.7 Å². The van der Waals surface area contributed by atoms with Crippen molar-refractivity contribution < 1.29 is 14.3 Å². The van der Waals surface area contributed by atoms with E-state index in [0.717, 1.165) is 19.3 Å². The number of nitrogens with one attached hydrogen (secondary N) is 1. The lowest BCUT2D eigenvalue weighted by atomic mass is 10.0. The molecule has 0 bridgehead atoms. The fourth-order valence-corrected chi connectivity index (χ4v) is 2.16. The molecule has 1 aliphatic heterocycles. The van der Waals surface area contributed by atoms with E-state index in [0.29, 0.717) is 19.5 Å². The fraction of sp³-hybridized carbons (Fsp3) is 0.846. The number of nitrogens with zero attached hydrogens (tertiary/aromatic N) is 1. The number of methoxy groups -OCH3 is 1. The van der Waals surface area contributed by atoms with Gasteiger partial charge in [0.2, 0.25) is 11.8 Å². The highest BCUT2D eigenvalue weighted by Gasteiger charge is 2.23. The number of likely N-dealkylation sites (tertiary alicyclic amines) is 1. The normalized spacial score (nSPS) is 18.2. The number of amides is 2. The van der Waals surface area contributed by atoms with Crippen molar-refractivity contribution in [2.24, 2.45) is 5.73 Å². The Kier molecular flexibility index (Phi) is 6.80. The van der Waals surface area contributed by atoms with Gasteiger partial charge in [-0.05, 0) is 19.3 Å². The smallest absolute Gasteiger partial charge is 0.248 e. The van der Waals surface area contributed by atoms with E-state index in [4.69, 9.17) is 10.5 Å². The highest BCUT2D eigenvalue weighted by molar-refractivity contribution is 5.78. The van der Waals surface area contributed by atoms with Crippen LogP contribution in [0.3, 0.4) is 0 Å². The molecule has 19 heavy (non-hydrogen) atoms. The van der Waals surface area contributed by atoms with Gasteiger partial charge in [0.05, 0.1) is 0 Å². The highest BCUT2D eigenvalue weighted by Crippen LogP contribution is 2.11. The first-order chi connectivity index (χ1) is 9.06. The summed E-state index contributed by atoms with van der Waals surface area (Å²) >= 11 is 0. The van der Waals surface area contributed by atoms with Crippen LogP contribution in [0.5, 0.6) is 0 Å². The Morgan fingerprint density at radius 3 is 2.58 bits per heavy atom. The Balaban J connectivity index is 2.26. The molecule has 1 fully saturated rings. The lowest BCUT2D eigenvalue weighted by Crippen LogP contribution is -2.48. The van der Waals surface area contributed by atoms with Gasteiger partial charge in [0.1, 0.15) is 6.61 Å². The van der Waals surface area contributed by atoms with Crippen LogP contribution in [-0.2, 0) is 14.3 Å². The zero-order valence-electron chi connectivity index (χ0n) is 11.9. The van der Waals surface area contributed by atoms with Crippen molar-refractivity contribution in [1.82, 2.24) is 10.2 Å². The summed E-state index contributed by atoms with van der Waals surface area (Å²) in [7, 11) is 1.52. The molecule has 110 valence electrons. The minimum atomic E-state index is -0.0663. The number of piperidine rings is 1. The lowest BCUT2D eigenvalue weighted by Gasteiger charge is -2.32. The second kappa shape index (κ2) is 8.12. The molecule has 1 atom stereocenters. The molecule has 6 nitrogen and oxygen atoms in total. The van der Waals surface area contributed by atoms with Crippen LogP contribution < -0.4 is 11.1 Å². The molecule has 0 spiro atoms. The van der Waals surface area contributed by atoms with Crippen LogP contribution in [-0.4, -0.2) is 55.6 Å². The predicted octanol–water partition coefficient (Wildman–Crippen LogP) is -0.133. The molecule has 0 radical (unpaired) electrons. The third-order valence-corrected chi connectivity index (χ3v) is 3.45. The molecule has 1 heterocycles. The molecular formula is C13H25N3O3. The number of nitrogens with two attached hydrogens (primary N) is 1. The molecule has 6 heteroatoms.